The van der Waals surface area contributed by atoms with Gasteiger partial charge in [0.05, 0.1) is 12.2 Å². The first-order valence-corrected chi connectivity index (χ1v) is 6.47. The summed E-state index contributed by atoms with van der Waals surface area (Å²) in [5.41, 5.74) is 0.152. The fourth-order valence-electron chi connectivity index (χ4n) is 2.22. The highest BCUT2D eigenvalue weighted by Crippen LogP contribution is 2.31. The van der Waals surface area contributed by atoms with Gasteiger partial charge in [-0.05, 0) is 26.2 Å². The van der Waals surface area contributed by atoms with Crippen molar-refractivity contribution in [2.45, 2.75) is 65.2 Å². The van der Waals surface area contributed by atoms with E-state index in [4.69, 9.17) is 4.74 Å². The zero-order valence-corrected chi connectivity index (χ0v) is 11.3. The second kappa shape index (κ2) is 5.83. The molecule has 1 saturated heterocycles. The Balaban J connectivity index is 2.42. The van der Waals surface area contributed by atoms with Gasteiger partial charge in [0.15, 0.2) is 0 Å². The van der Waals surface area contributed by atoms with Crippen LogP contribution in [0.4, 0.5) is 0 Å². The molecule has 2 nitrogen and oxygen atoms in total. The van der Waals surface area contributed by atoms with Crippen molar-refractivity contribution in [2.24, 2.45) is 5.41 Å². The van der Waals surface area contributed by atoms with Gasteiger partial charge < -0.3 is 10.1 Å². The number of hydrogen-bond acceptors (Lipinski definition) is 2. The lowest BCUT2D eigenvalue weighted by Crippen LogP contribution is -2.36. The smallest absolute Gasteiger partial charge is 0.0588 e. The van der Waals surface area contributed by atoms with Crippen LogP contribution in [0.15, 0.2) is 12.7 Å². The Bertz CT molecular complexity index is 227. The molecule has 2 heteroatoms. The van der Waals surface area contributed by atoms with E-state index in [1.807, 2.05) is 0 Å². The van der Waals surface area contributed by atoms with Gasteiger partial charge in [0.25, 0.3) is 0 Å². The molecule has 0 bridgehead atoms. The molecule has 0 aromatic carbocycles. The minimum atomic E-state index is 0.152. The van der Waals surface area contributed by atoms with Crippen molar-refractivity contribution in [1.82, 2.24) is 5.32 Å². The first-order chi connectivity index (χ1) is 7.45. The summed E-state index contributed by atoms with van der Waals surface area (Å²) in [6.07, 6.45) is 6.43. The zero-order chi connectivity index (χ0) is 12.2. The summed E-state index contributed by atoms with van der Waals surface area (Å²) in [6.45, 7) is 13.8. The van der Waals surface area contributed by atoms with E-state index in [2.05, 4.69) is 45.7 Å². The van der Waals surface area contributed by atoms with Crippen LogP contribution in [0.3, 0.4) is 0 Å². The Morgan fingerprint density at radius 1 is 1.50 bits per heavy atom. The standard InChI is InChI=1S/C14H27NO/c1-6-14(5,10-15-11(2)3)9-13-8-7-12(4)16-13/h6,11-13,15H,1,7-10H2,2-5H3. The van der Waals surface area contributed by atoms with Gasteiger partial charge in [-0.15, -0.1) is 6.58 Å². The Morgan fingerprint density at radius 2 is 2.19 bits per heavy atom. The molecule has 1 aliphatic heterocycles. The van der Waals surface area contributed by atoms with E-state index < -0.39 is 0 Å². The van der Waals surface area contributed by atoms with E-state index in [0.29, 0.717) is 18.2 Å². The third-order valence-electron chi connectivity index (χ3n) is 3.42. The summed E-state index contributed by atoms with van der Waals surface area (Å²) in [4.78, 5) is 0. The highest BCUT2D eigenvalue weighted by molar-refractivity contribution is 4.96. The van der Waals surface area contributed by atoms with Crippen LogP contribution in [0.2, 0.25) is 0 Å². The number of nitrogens with one attached hydrogen (secondary N) is 1. The van der Waals surface area contributed by atoms with Crippen molar-refractivity contribution in [3.8, 4) is 0 Å². The number of hydrogen-bond donors (Lipinski definition) is 1. The lowest BCUT2D eigenvalue weighted by molar-refractivity contribution is 0.0330. The maximum Gasteiger partial charge on any atom is 0.0588 e. The van der Waals surface area contributed by atoms with E-state index in [1.165, 1.54) is 12.8 Å². The van der Waals surface area contributed by atoms with Crippen LogP contribution >= 0.6 is 0 Å². The fraction of sp³-hybridized carbons (Fsp3) is 0.857. The molecule has 1 aliphatic rings. The maximum absolute atomic E-state index is 5.89. The molecule has 0 aromatic heterocycles. The van der Waals surface area contributed by atoms with Crippen molar-refractivity contribution in [3.05, 3.63) is 12.7 Å². The second-order valence-electron chi connectivity index (χ2n) is 5.74. The Morgan fingerprint density at radius 3 is 2.62 bits per heavy atom. The van der Waals surface area contributed by atoms with Gasteiger partial charge in [0.2, 0.25) is 0 Å². The maximum atomic E-state index is 5.89. The summed E-state index contributed by atoms with van der Waals surface area (Å²) in [7, 11) is 0. The first-order valence-electron chi connectivity index (χ1n) is 6.47. The molecular formula is C14H27NO. The Hall–Kier alpha value is -0.340. The summed E-state index contributed by atoms with van der Waals surface area (Å²) in [5, 5.41) is 3.50. The molecule has 1 heterocycles. The van der Waals surface area contributed by atoms with Crippen molar-refractivity contribution in [1.29, 1.82) is 0 Å². The van der Waals surface area contributed by atoms with Crippen LogP contribution in [-0.4, -0.2) is 24.8 Å². The minimum Gasteiger partial charge on any atom is -0.375 e. The average Bonchev–Trinajstić information content (AvgIpc) is 2.61. The molecule has 0 radical (unpaired) electrons. The van der Waals surface area contributed by atoms with Crippen molar-refractivity contribution >= 4 is 0 Å². The molecular weight excluding hydrogens is 198 g/mol. The molecule has 3 unspecified atom stereocenters. The molecule has 1 rings (SSSR count). The molecule has 0 amide bonds. The summed E-state index contributed by atoms with van der Waals surface area (Å²) >= 11 is 0. The lowest BCUT2D eigenvalue weighted by Gasteiger charge is -2.30. The summed E-state index contributed by atoms with van der Waals surface area (Å²) < 4.78 is 5.89. The lowest BCUT2D eigenvalue weighted by atomic mass is 9.83. The van der Waals surface area contributed by atoms with E-state index in [-0.39, 0.29) is 5.41 Å². The van der Waals surface area contributed by atoms with Gasteiger partial charge in [-0.2, -0.15) is 0 Å². The molecule has 0 spiro atoms. The molecule has 94 valence electrons. The molecule has 0 aromatic rings. The van der Waals surface area contributed by atoms with Crippen LogP contribution in [0.25, 0.3) is 0 Å². The van der Waals surface area contributed by atoms with Crippen LogP contribution in [0, 0.1) is 5.41 Å². The van der Waals surface area contributed by atoms with E-state index in [1.54, 1.807) is 0 Å². The van der Waals surface area contributed by atoms with E-state index in [0.717, 1.165) is 13.0 Å². The van der Waals surface area contributed by atoms with E-state index in [9.17, 15) is 0 Å². The van der Waals surface area contributed by atoms with Gasteiger partial charge in [-0.25, -0.2) is 0 Å². The zero-order valence-electron chi connectivity index (χ0n) is 11.3. The van der Waals surface area contributed by atoms with Crippen molar-refractivity contribution in [2.75, 3.05) is 6.54 Å². The molecule has 3 atom stereocenters. The quantitative estimate of drug-likeness (QED) is 0.701. The minimum absolute atomic E-state index is 0.152. The number of rotatable bonds is 6. The highest BCUT2D eigenvalue weighted by Gasteiger charge is 2.30. The summed E-state index contributed by atoms with van der Waals surface area (Å²) in [5.74, 6) is 0. The van der Waals surface area contributed by atoms with Gasteiger partial charge in [-0.3, -0.25) is 0 Å². The molecule has 1 fully saturated rings. The summed E-state index contributed by atoms with van der Waals surface area (Å²) in [6, 6.07) is 0.530. The third kappa shape index (κ3) is 4.26. The third-order valence-corrected chi connectivity index (χ3v) is 3.42. The van der Waals surface area contributed by atoms with Gasteiger partial charge >= 0.3 is 0 Å². The fourth-order valence-corrected chi connectivity index (χ4v) is 2.22. The average molecular weight is 225 g/mol. The Labute approximate surface area is 100 Å². The van der Waals surface area contributed by atoms with Gasteiger partial charge in [0, 0.05) is 18.0 Å². The Kier molecular flexibility index (Phi) is 5.00. The molecule has 1 N–H and O–H groups in total. The molecule has 0 aliphatic carbocycles. The SMILES string of the molecule is C=CC(C)(CNC(C)C)CC1CCC(C)O1. The normalized spacial score (nSPS) is 29.3. The van der Waals surface area contributed by atoms with Gasteiger partial charge in [-0.1, -0.05) is 26.8 Å². The second-order valence-corrected chi connectivity index (χ2v) is 5.74. The molecule has 0 saturated carbocycles. The topological polar surface area (TPSA) is 21.3 Å². The van der Waals surface area contributed by atoms with Gasteiger partial charge in [0.1, 0.15) is 0 Å². The predicted octanol–water partition coefficient (Wildman–Crippen LogP) is 3.13. The molecule has 16 heavy (non-hydrogen) atoms. The van der Waals surface area contributed by atoms with Crippen LogP contribution in [0.1, 0.15) is 47.0 Å². The van der Waals surface area contributed by atoms with Crippen LogP contribution in [0.5, 0.6) is 0 Å². The van der Waals surface area contributed by atoms with E-state index >= 15 is 0 Å². The largest absolute Gasteiger partial charge is 0.375 e. The highest BCUT2D eigenvalue weighted by atomic mass is 16.5. The van der Waals surface area contributed by atoms with Crippen molar-refractivity contribution in [3.63, 3.8) is 0 Å². The predicted molar refractivity (Wildman–Crippen MR) is 69.6 cm³/mol. The first kappa shape index (κ1) is 13.7. The monoisotopic (exact) mass is 225 g/mol. The number of ether oxygens (including phenoxy) is 1. The van der Waals surface area contributed by atoms with Crippen molar-refractivity contribution < 1.29 is 4.74 Å². The van der Waals surface area contributed by atoms with Crippen LogP contribution < -0.4 is 5.32 Å². The van der Waals surface area contributed by atoms with Crippen LogP contribution in [-0.2, 0) is 4.74 Å².